The maximum Gasteiger partial charge on any atom is -0.0146 e. The molecule has 2 rings (SSSR count). The first-order valence-corrected chi connectivity index (χ1v) is 6.33. The van der Waals surface area contributed by atoms with Gasteiger partial charge in [0.1, 0.15) is 0 Å². The molecule has 0 saturated carbocycles. The minimum atomic E-state index is 1.08. The normalized spacial score (nSPS) is 10.5. The third-order valence-corrected chi connectivity index (χ3v) is 3.27. The number of benzene rings is 2. The van der Waals surface area contributed by atoms with Crippen LogP contribution in [0.3, 0.4) is 0 Å². The summed E-state index contributed by atoms with van der Waals surface area (Å²) in [6, 6.07) is 18.5. The molecule has 0 fully saturated rings. The summed E-state index contributed by atoms with van der Waals surface area (Å²) in [5, 5.41) is 0. The molecular weight excluding hydrogens is 204 g/mol. The molecule has 0 spiro atoms. The monoisotopic (exact) mass is 223 g/mol. The molecule has 0 aliphatic heterocycles. The van der Waals surface area contributed by atoms with Gasteiger partial charge in [0.2, 0.25) is 0 Å². The third-order valence-electron chi connectivity index (χ3n) is 3.27. The molecule has 87 valence electrons. The summed E-state index contributed by atoms with van der Waals surface area (Å²) in [6.07, 6.45) is 3.30. The highest BCUT2D eigenvalue weighted by molar-refractivity contribution is 5.27. The Morgan fingerprint density at radius 2 is 1.65 bits per heavy atom. The summed E-state index contributed by atoms with van der Waals surface area (Å²) in [4.78, 5) is 0. The minimum absolute atomic E-state index is 1.08. The second-order valence-electron chi connectivity index (χ2n) is 4.50. The molecule has 17 heavy (non-hydrogen) atoms. The second-order valence-corrected chi connectivity index (χ2v) is 4.50. The molecular formula is C17H19. The van der Waals surface area contributed by atoms with Gasteiger partial charge in [-0.25, -0.2) is 0 Å². The lowest BCUT2D eigenvalue weighted by atomic mass is 10.00. The van der Waals surface area contributed by atoms with Gasteiger partial charge in [0, 0.05) is 0 Å². The van der Waals surface area contributed by atoms with Crippen LogP contribution >= 0.6 is 0 Å². The molecule has 0 bridgehead atoms. The Balaban J connectivity index is 2.00. The van der Waals surface area contributed by atoms with Crippen LogP contribution in [0.25, 0.3) is 0 Å². The fourth-order valence-corrected chi connectivity index (χ4v) is 2.04. The van der Waals surface area contributed by atoms with E-state index in [1.807, 2.05) is 6.07 Å². The molecule has 0 amide bonds. The van der Waals surface area contributed by atoms with Crippen molar-refractivity contribution in [2.45, 2.75) is 33.1 Å². The van der Waals surface area contributed by atoms with Crippen LogP contribution < -0.4 is 0 Å². The van der Waals surface area contributed by atoms with E-state index in [0.717, 1.165) is 19.3 Å². The molecule has 0 nitrogen and oxygen atoms in total. The van der Waals surface area contributed by atoms with Crippen LogP contribution in [0.4, 0.5) is 0 Å². The molecule has 2 aromatic rings. The highest BCUT2D eigenvalue weighted by Crippen LogP contribution is 2.12. The lowest BCUT2D eigenvalue weighted by Crippen LogP contribution is -1.94. The van der Waals surface area contributed by atoms with Gasteiger partial charge in [-0.05, 0) is 54.5 Å². The highest BCUT2D eigenvalue weighted by atomic mass is 14.0. The van der Waals surface area contributed by atoms with Crippen LogP contribution in [-0.2, 0) is 19.3 Å². The minimum Gasteiger partial charge on any atom is -0.0614 e. The fraction of sp³-hybridized carbons (Fsp3) is 0.294. The van der Waals surface area contributed by atoms with Crippen molar-refractivity contribution in [3.63, 3.8) is 0 Å². The molecule has 0 unspecified atom stereocenters. The Labute approximate surface area is 104 Å². The summed E-state index contributed by atoms with van der Waals surface area (Å²) in [5.74, 6) is 0. The molecule has 0 heterocycles. The molecule has 0 atom stereocenters. The molecule has 0 aliphatic carbocycles. The molecule has 0 aliphatic rings. The van der Waals surface area contributed by atoms with Crippen LogP contribution in [0, 0.1) is 13.0 Å². The first kappa shape index (κ1) is 11.9. The largest absolute Gasteiger partial charge is 0.0614 e. The summed E-state index contributed by atoms with van der Waals surface area (Å²) in [7, 11) is 0. The molecule has 0 heteroatoms. The van der Waals surface area contributed by atoms with Gasteiger partial charge in [-0.2, -0.15) is 0 Å². The zero-order chi connectivity index (χ0) is 12.1. The zero-order valence-corrected chi connectivity index (χ0v) is 10.7. The van der Waals surface area contributed by atoms with E-state index in [1.165, 1.54) is 22.3 Å². The lowest BCUT2D eigenvalue weighted by molar-refractivity contribution is 0.944. The van der Waals surface area contributed by atoms with Gasteiger partial charge in [0.05, 0.1) is 0 Å². The first-order valence-electron chi connectivity index (χ1n) is 6.33. The fourth-order valence-electron chi connectivity index (χ4n) is 2.04. The van der Waals surface area contributed by atoms with E-state index in [-0.39, 0.29) is 0 Å². The van der Waals surface area contributed by atoms with Crippen LogP contribution in [0.15, 0.2) is 42.5 Å². The van der Waals surface area contributed by atoms with Gasteiger partial charge in [0.15, 0.2) is 0 Å². The van der Waals surface area contributed by atoms with E-state index >= 15 is 0 Å². The van der Waals surface area contributed by atoms with Gasteiger partial charge in [-0.15, -0.1) is 0 Å². The predicted molar refractivity (Wildman–Crippen MR) is 73.2 cm³/mol. The van der Waals surface area contributed by atoms with E-state index < -0.39 is 0 Å². The summed E-state index contributed by atoms with van der Waals surface area (Å²) in [5.41, 5.74) is 5.51. The van der Waals surface area contributed by atoms with E-state index in [9.17, 15) is 0 Å². The Morgan fingerprint density at radius 1 is 0.941 bits per heavy atom. The molecule has 1 radical (unpaired) electrons. The number of hydrogen-bond donors (Lipinski definition) is 0. The SMILES string of the molecule is CCc1ccc(CCc2[c]cccc2C)cc1. The number of aryl methyl sites for hydroxylation is 4. The van der Waals surface area contributed by atoms with Crippen LogP contribution in [0.5, 0.6) is 0 Å². The van der Waals surface area contributed by atoms with E-state index in [0.29, 0.717) is 0 Å². The summed E-state index contributed by atoms with van der Waals surface area (Å²) >= 11 is 0. The molecule has 0 aromatic heterocycles. The van der Waals surface area contributed by atoms with Gasteiger partial charge in [-0.1, -0.05) is 49.4 Å². The Kier molecular flexibility index (Phi) is 3.98. The average molecular weight is 223 g/mol. The van der Waals surface area contributed by atoms with E-state index in [4.69, 9.17) is 0 Å². The quantitative estimate of drug-likeness (QED) is 0.730. The molecule has 0 N–H and O–H groups in total. The van der Waals surface area contributed by atoms with Gasteiger partial charge < -0.3 is 0 Å². The smallest absolute Gasteiger partial charge is 0.0146 e. The van der Waals surface area contributed by atoms with Crippen LogP contribution in [0.1, 0.15) is 29.2 Å². The third kappa shape index (κ3) is 3.20. The summed E-state index contributed by atoms with van der Waals surface area (Å²) < 4.78 is 0. The van der Waals surface area contributed by atoms with Crippen molar-refractivity contribution in [3.05, 3.63) is 70.8 Å². The van der Waals surface area contributed by atoms with Crippen molar-refractivity contribution in [1.82, 2.24) is 0 Å². The first-order chi connectivity index (χ1) is 8.29. The Bertz CT molecular complexity index is 466. The van der Waals surface area contributed by atoms with Gasteiger partial charge in [-0.3, -0.25) is 0 Å². The van der Waals surface area contributed by atoms with Crippen molar-refractivity contribution >= 4 is 0 Å². The Morgan fingerprint density at radius 3 is 2.29 bits per heavy atom. The topological polar surface area (TPSA) is 0 Å². The van der Waals surface area contributed by atoms with Crippen LogP contribution in [0.2, 0.25) is 0 Å². The van der Waals surface area contributed by atoms with Crippen molar-refractivity contribution in [2.24, 2.45) is 0 Å². The molecule has 2 aromatic carbocycles. The number of rotatable bonds is 4. The maximum atomic E-state index is 3.33. The van der Waals surface area contributed by atoms with Crippen molar-refractivity contribution in [3.8, 4) is 0 Å². The summed E-state index contributed by atoms with van der Waals surface area (Å²) in [6.45, 7) is 4.35. The highest BCUT2D eigenvalue weighted by Gasteiger charge is 1.99. The predicted octanol–water partition coefficient (Wildman–Crippen LogP) is 4.14. The average Bonchev–Trinajstić information content (AvgIpc) is 2.38. The van der Waals surface area contributed by atoms with Crippen LogP contribution in [-0.4, -0.2) is 0 Å². The standard InChI is InChI=1S/C17H19/c1-3-15-8-10-16(11-9-15)12-13-17-7-5-4-6-14(17)2/h4-6,8-11H,3,12-13H2,1-2H3. The number of hydrogen-bond acceptors (Lipinski definition) is 0. The van der Waals surface area contributed by atoms with Crippen molar-refractivity contribution in [2.75, 3.05) is 0 Å². The van der Waals surface area contributed by atoms with Crippen molar-refractivity contribution in [1.29, 1.82) is 0 Å². The van der Waals surface area contributed by atoms with Crippen molar-refractivity contribution < 1.29 is 0 Å². The molecule has 0 saturated heterocycles. The maximum absolute atomic E-state index is 3.33. The van der Waals surface area contributed by atoms with Gasteiger partial charge >= 0.3 is 0 Å². The van der Waals surface area contributed by atoms with E-state index in [2.05, 4.69) is 56.3 Å². The Hall–Kier alpha value is -1.56. The zero-order valence-electron chi connectivity index (χ0n) is 10.7. The second kappa shape index (κ2) is 5.67. The lowest BCUT2D eigenvalue weighted by Gasteiger charge is -2.05. The van der Waals surface area contributed by atoms with E-state index in [1.54, 1.807) is 0 Å². The van der Waals surface area contributed by atoms with Gasteiger partial charge in [0.25, 0.3) is 0 Å².